The summed E-state index contributed by atoms with van der Waals surface area (Å²) >= 11 is 0. The molecule has 0 atom stereocenters. The van der Waals surface area contributed by atoms with Crippen LogP contribution in [0.4, 0.5) is 0 Å². The van der Waals surface area contributed by atoms with E-state index in [2.05, 4.69) is 17.6 Å². The van der Waals surface area contributed by atoms with Gasteiger partial charge < -0.3 is 0 Å². The van der Waals surface area contributed by atoms with Crippen molar-refractivity contribution in [3.05, 3.63) is 84.7 Å². The van der Waals surface area contributed by atoms with Crippen LogP contribution < -0.4 is 0 Å². The minimum Gasteiger partial charge on any atom is -0.247 e. The first-order valence-corrected chi connectivity index (χ1v) is 7.36. The van der Waals surface area contributed by atoms with Crippen molar-refractivity contribution >= 4 is 0 Å². The zero-order chi connectivity index (χ0) is 16.1. The lowest BCUT2D eigenvalue weighted by atomic mass is 10.0. The van der Waals surface area contributed by atoms with Gasteiger partial charge in [0, 0.05) is 17.5 Å². The average Bonchev–Trinajstić information content (AvgIpc) is 2.63. The van der Waals surface area contributed by atoms with Crippen molar-refractivity contribution in [1.29, 1.82) is 5.26 Å². The van der Waals surface area contributed by atoms with Gasteiger partial charge in [-0.1, -0.05) is 66.7 Å². The minimum atomic E-state index is 0.350. The van der Waals surface area contributed by atoms with Gasteiger partial charge in [-0.15, -0.1) is 6.58 Å². The first kappa shape index (κ1) is 14.7. The summed E-state index contributed by atoms with van der Waals surface area (Å²) < 4.78 is 0. The monoisotopic (exact) mass is 297 g/mol. The average molecular weight is 297 g/mol. The maximum atomic E-state index is 9.39. The highest BCUT2D eigenvalue weighted by Crippen LogP contribution is 2.29. The third kappa shape index (κ3) is 3.02. The number of aromatic nitrogens is 2. The van der Waals surface area contributed by atoms with Crippen molar-refractivity contribution < 1.29 is 0 Å². The molecule has 0 N–H and O–H groups in total. The Morgan fingerprint density at radius 2 is 1.39 bits per heavy atom. The molecular weight excluding hydrogens is 282 g/mol. The fraction of sp³-hybridized carbons (Fsp3) is 0.0500. The second-order valence-corrected chi connectivity index (χ2v) is 5.05. The third-order valence-corrected chi connectivity index (χ3v) is 3.51. The van der Waals surface area contributed by atoms with Crippen LogP contribution in [0, 0.1) is 11.3 Å². The van der Waals surface area contributed by atoms with Crippen molar-refractivity contribution in [3.63, 3.8) is 0 Å². The van der Waals surface area contributed by atoms with Gasteiger partial charge in [0.15, 0.2) is 5.69 Å². The summed E-state index contributed by atoms with van der Waals surface area (Å²) in [6.07, 6.45) is 2.26. The quantitative estimate of drug-likeness (QED) is 0.670. The van der Waals surface area contributed by atoms with Gasteiger partial charge in [0.25, 0.3) is 0 Å². The molecule has 2 aromatic carbocycles. The number of hydrogen-bond acceptors (Lipinski definition) is 3. The predicted molar refractivity (Wildman–Crippen MR) is 91.5 cm³/mol. The molecule has 0 aliphatic rings. The first-order valence-electron chi connectivity index (χ1n) is 7.36. The standard InChI is InChI=1S/C20H15N3/c1-2-9-17-18(14-21)23-20(16-12-7-4-8-13-16)19(22-17)15-10-5-3-6-11-15/h2-8,10-13H,1,9H2. The molecule has 0 radical (unpaired) electrons. The fourth-order valence-corrected chi connectivity index (χ4v) is 2.43. The predicted octanol–water partition coefficient (Wildman–Crippen LogP) is 4.41. The normalized spacial score (nSPS) is 10.0. The van der Waals surface area contributed by atoms with Crippen molar-refractivity contribution in [2.45, 2.75) is 6.42 Å². The summed E-state index contributed by atoms with van der Waals surface area (Å²) in [7, 11) is 0. The summed E-state index contributed by atoms with van der Waals surface area (Å²) in [5.74, 6) is 0. The Labute approximate surface area is 135 Å². The van der Waals surface area contributed by atoms with Gasteiger partial charge in [-0.3, -0.25) is 0 Å². The third-order valence-electron chi connectivity index (χ3n) is 3.51. The molecule has 3 aromatic rings. The maximum absolute atomic E-state index is 9.39. The maximum Gasteiger partial charge on any atom is 0.163 e. The molecule has 0 saturated carbocycles. The van der Waals surface area contributed by atoms with Crippen LogP contribution in [0.15, 0.2) is 73.3 Å². The van der Waals surface area contributed by atoms with Gasteiger partial charge in [0.2, 0.25) is 0 Å². The van der Waals surface area contributed by atoms with Crippen LogP contribution in [0.3, 0.4) is 0 Å². The molecule has 0 amide bonds. The summed E-state index contributed by atoms with van der Waals surface area (Å²) in [6, 6.07) is 21.9. The lowest BCUT2D eigenvalue weighted by molar-refractivity contribution is 1.04. The molecule has 0 aliphatic carbocycles. The molecule has 1 heterocycles. The van der Waals surface area contributed by atoms with Gasteiger partial charge in [-0.05, 0) is 0 Å². The van der Waals surface area contributed by atoms with Crippen LogP contribution in [0.25, 0.3) is 22.5 Å². The van der Waals surface area contributed by atoms with E-state index in [-0.39, 0.29) is 0 Å². The van der Waals surface area contributed by atoms with Crippen molar-refractivity contribution in [1.82, 2.24) is 9.97 Å². The highest BCUT2D eigenvalue weighted by atomic mass is 14.8. The largest absolute Gasteiger partial charge is 0.247 e. The molecule has 3 nitrogen and oxygen atoms in total. The number of hydrogen-bond donors (Lipinski definition) is 0. The van der Waals surface area contributed by atoms with E-state index < -0.39 is 0 Å². The van der Waals surface area contributed by atoms with Crippen LogP contribution >= 0.6 is 0 Å². The summed E-state index contributed by atoms with van der Waals surface area (Å²) in [4.78, 5) is 9.31. The molecule has 3 rings (SSSR count). The molecule has 0 fully saturated rings. The SMILES string of the molecule is C=CCc1nc(-c2ccccc2)c(-c2ccccc2)nc1C#N. The Kier molecular flexibility index (Phi) is 4.26. The molecule has 1 aromatic heterocycles. The van der Waals surface area contributed by atoms with Crippen LogP contribution in [0.5, 0.6) is 0 Å². The Hall–Kier alpha value is -3.25. The Morgan fingerprint density at radius 3 is 1.87 bits per heavy atom. The van der Waals surface area contributed by atoms with E-state index in [0.717, 1.165) is 22.5 Å². The van der Waals surface area contributed by atoms with E-state index in [0.29, 0.717) is 17.8 Å². The van der Waals surface area contributed by atoms with Crippen molar-refractivity contribution in [3.8, 4) is 28.6 Å². The topological polar surface area (TPSA) is 49.6 Å². The van der Waals surface area contributed by atoms with E-state index in [4.69, 9.17) is 4.98 Å². The Balaban J connectivity index is 2.28. The summed E-state index contributed by atoms with van der Waals surface area (Å²) in [5.41, 5.74) is 4.44. The first-order chi connectivity index (χ1) is 11.3. The van der Waals surface area contributed by atoms with Crippen LogP contribution in [0.2, 0.25) is 0 Å². The second-order valence-electron chi connectivity index (χ2n) is 5.05. The molecule has 0 bridgehead atoms. The fourth-order valence-electron chi connectivity index (χ4n) is 2.43. The lowest BCUT2D eigenvalue weighted by Gasteiger charge is -2.11. The molecule has 0 saturated heterocycles. The highest BCUT2D eigenvalue weighted by Gasteiger charge is 2.15. The Bertz CT molecular complexity index is 863. The minimum absolute atomic E-state index is 0.350. The van der Waals surface area contributed by atoms with E-state index >= 15 is 0 Å². The number of nitriles is 1. The zero-order valence-electron chi connectivity index (χ0n) is 12.6. The van der Waals surface area contributed by atoms with Gasteiger partial charge in [-0.25, -0.2) is 9.97 Å². The summed E-state index contributed by atoms with van der Waals surface area (Å²) in [5, 5.41) is 9.39. The molecule has 3 heteroatoms. The van der Waals surface area contributed by atoms with Gasteiger partial charge in [0.05, 0.1) is 17.1 Å². The number of nitrogens with zero attached hydrogens (tertiary/aromatic N) is 3. The van der Waals surface area contributed by atoms with Crippen LogP contribution in [-0.2, 0) is 6.42 Å². The van der Waals surface area contributed by atoms with Crippen molar-refractivity contribution in [2.75, 3.05) is 0 Å². The molecule has 0 aliphatic heterocycles. The highest BCUT2D eigenvalue weighted by molar-refractivity contribution is 5.78. The molecule has 23 heavy (non-hydrogen) atoms. The smallest absolute Gasteiger partial charge is 0.163 e. The van der Waals surface area contributed by atoms with Gasteiger partial charge in [-0.2, -0.15) is 5.26 Å². The lowest BCUT2D eigenvalue weighted by Crippen LogP contribution is -2.03. The zero-order valence-corrected chi connectivity index (χ0v) is 12.6. The number of rotatable bonds is 4. The molecule has 0 unspecified atom stereocenters. The van der Waals surface area contributed by atoms with Crippen LogP contribution in [-0.4, -0.2) is 9.97 Å². The Morgan fingerprint density at radius 1 is 0.870 bits per heavy atom. The van der Waals surface area contributed by atoms with Gasteiger partial charge >= 0.3 is 0 Å². The van der Waals surface area contributed by atoms with E-state index in [9.17, 15) is 5.26 Å². The number of allylic oxidation sites excluding steroid dienone is 1. The van der Waals surface area contributed by atoms with E-state index in [1.54, 1.807) is 6.08 Å². The van der Waals surface area contributed by atoms with E-state index in [1.165, 1.54) is 0 Å². The van der Waals surface area contributed by atoms with Crippen molar-refractivity contribution in [2.24, 2.45) is 0 Å². The summed E-state index contributed by atoms with van der Waals surface area (Å²) in [6.45, 7) is 3.74. The second kappa shape index (κ2) is 6.67. The van der Waals surface area contributed by atoms with Crippen LogP contribution in [0.1, 0.15) is 11.4 Å². The van der Waals surface area contributed by atoms with E-state index in [1.807, 2.05) is 60.7 Å². The molecule has 0 spiro atoms. The molecular formula is C20H15N3. The van der Waals surface area contributed by atoms with Gasteiger partial charge in [0.1, 0.15) is 6.07 Å². The molecule has 110 valence electrons. The number of benzene rings is 2.